The van der Waals surface area contributed by atoms with Gasteiger partial charge in [0.05, 0.1) is 0 Å². The minimum atomic E-state index is -0.551. The van der Waals surface area contributed by atoms with Crippen molar-refractivity contribution in [3.05, 3.63) is 0 Å². The zero-order valence-corrected chi connectivity index (χ0v) is 9.30. The maximum absolute atomic E-state index is 11.8. The summed E-state index contributed by atoms with van der Waals surface area (Å²) < 4.78 is 0. The van der Waals surface area contributed by atoms with E-state index in [2.05, 4.69) is 10.6 Å². The average molecular weight is 210 g/mol. The standard InChI is InChI=1S/C11H18N2O2/c1-7(2)6-8-9(14)13-11(4-3-5-11)10(15)12-8/h7-8H,3-6H2,1-2H3,(H,12,15)(H,13,14)/t8-/m0/s1. The second-order valence-corrected chi connectivity index (χ2v) is 5.08. The van der Waals surface area contributed by atoms with Crippen molar-refractivity contribution in [2.45, 2.75) is 51.1 Å². The molecule has 1 aliphatic heterocycles. The lowest BCUT2D eigenvalue weighted by atomic mass is 9.74. The van der Waals surface area contributed by atoms with Crippen LogP contribution in [0.1, 0.15) is 39.5 Å². The Kier molecular flexibility index (Phi) is 2.44. The Bertz CT molecular complexity index is 295. The third-order valence-electron chi connectivity index (χ3n) is 3.33. The lowest BCUT2D eigenvalue weighted by Gasteiger charge is -2.45. The van der Waals surface area contributed by atoms with Crippen LogP contribution in [-0.4, -0.2) is 23.4 Å². The number of carbonyl (C=O) groups is 2. The van der Waals surface area contributed by atoms with Gasteiger partial charge in [-0.3, -0.25) is 9.59 Å². The van der Waals surface area contributed by atoms with Gasteiger partial charge in [-0.15, -0.1) is 0 Å². The number of rotatable bonds is 2. The molecule has 2 fully saturated rings. The van der Waals surface area contributed by atoms with Crippen molar-refractivity contribution in [2.75, 3.05) is 0 Å². The zero-order chi connectivity index (χ0) is 11.1. The topological polar surface area (TPSA) is 58.2 Å². The summed E-state index contributed by atoms with van der Waals surface area (Å²) in [5.74, 6) is 0.415. The molecule has 0 aromatic heterocycles. The van der Waals surface area contributed by atoms with Crippen molar-refractivity contribution in [3.63, 3.8) is 0 Å². The fourth-order valence-electron chi connectivity index (χ4n) is 2.26. The molecule has 1 aliphatic carbocycles. The van der Waals surface area contributed by atoms with Crippen LogP contribution < -0.4 is 10.6 Å². The molecule has 2 aliphatic rings. The molecular weight excluding hydrogens is 192 g/mol. The van der Waals surface area contributed by atoms with Gasteiger partial charge in [0.15, 0.2) is 0 Å². The van der Waals surface area contributed by atoms with E-state index >= 15 is 0 Å². The largest absolute Gasteiger partial charge is 0.342 e. The molecule has 0 unspecified atom stereocenters. The van der Waals surface area contributed by atoms with E-state index in [0.717, 1.165) is 19.3 Å². The number of nitrogens with one attached hydrogen (secondary N) is 2. The van der Waals surface area contributed by atoms with Crippen LogP contribution in [0, 0.1) is 5.92 Å². The summed E-state index contributed by atoms with van der Waals surface area (Å²) in [5, 5.41) is 5.72. The summed E-state index contributed by atoms with van der Waals surface area (Å²) in [7, 11) is 0. The quantitative estimate of drug-likeness (QED) is 0.700. The van der Waals surface area contributed by atoms with Gasteiger partial charge in [-0.05, 0) is 31.6 Å². The van der Waals surface area contributed by atoms with Gasteiger partial charge in [0.25, 0.3) is 0 Å². The fraction of sp³-hybridized carbons (Fsp3) is 0.818. The first kappa shape index (κ1) is 10.5. The number of hydrogen-bond acceptors (Lipinski definition) is 2. The third kappa shape index (κ3) is 1.73. The van der Waals surface area contributed by atoms with E-state index in [1.165, 1.54) is 0 Å². The summed E-state index contributed by atoms with van der Waals surface area (Å²) in [6, 6.07) is -0.330. The molecule has 4 nitrogen and oxygen atoms in total. The average Bonchev–Trinajstić information content (AvgIpc) is 2.07. The highest BCUT2D eigenvalue weighted by atomic mass is 16.2. The van der Waals surface area contributed by atoms with Gasteiger partial charge in [0.1, 0.15) is 11.6 Å². The van der Waals surface area contributed by atoms with Crippen molar-refractivity contribution >= 4 is 11.8 Å². The van der Waals surface area contributed by atoms with Gasteiger partial charge < -0.3 is 10.6 Å². The molecule has 4 heteroatoms. The highest BCUT2D eigenvalue weighted by Crippen LogP contribution is 2.34. The number of amides is 2. The lowest BCUT2D eigenvalue weighted by Crippen LogP contribution is -2.72. The lowest BCUT2D eigenvalue weighted by molar-refractivity contribution is -0.145. The Balaban J connectivity index is 2.03. The molecule has 0 radical (unpaired) electrons. The van der Waals surface area contributed by atoms with E-state index < -0.39 is 5.54 Å². The van der Waals surface area contributed by atoms with Crippen molar-refractivity contribution in [3.8, 4) is 0 Å². The first-order valence-electron chi connectivity index (χ1n) is 5.66. The zero-order valence-electron chi connectivity index (χ0n) is 9.30. The molecule has 2 amide bonds. The van der Waals surface area contributed by atoms with Gasteiger partial charge in [0.2, 0.25) is 11.8 Å². The van der Waals surface area contributed by atoms with Crippen molar-refractivity contribution < 1.29 is 9.59 Å². The van der Waals surface area contributed by atoms with Crippen LogP contribution in [0.3, 0.4) is 0 Å². The predicted molar refractivity (Wildman–Crippen MR) is 56.1 cm³/mol. The smallest absolute Gasteiger partial charge is 0.246 e. The van der Waals surface area contributed by atoms with E-state index in [1.807, 2.05) is 13.8 Å². The minimum Gasteiger partial charge on any atom is -0.342 e. The summed E-state index contributed by atoms with van der Waals surface area (Å²) >= 11 is 0. The maximum atomic E-state index is 11.8. The fourth-order valence-corrected chi connectivity index (χ4v) is 2.26. The molecule has 15 heavy (non-hydrogen) atoms. The Morgan fingerprint density at radius 2 is 2.07 bits per heavy atom. The van der Waals surface area contributed by atoms with Crippen LogP contribution in [0.15, 0.2) is 0 Å². The maximum Gasteiger partial charge on any atom is 0.246 e. The SMILES string of the molecule is CC(C)C[C@@H]1NC(=O)C2(CCC2)NC1=O. The molecule has 2 rings (SSSR count). The molecule has 1 heterocycles. The van der Waals surface area contributed by atoms with Gasteiger partial charge in [0, 0.05) is 0 Å². The highest BCUT2D eigenvalue weighted by Gasteiger charge is 2.50. The molecule has 0 aromatic rings. The summed E-state index contributed by atoms with van der Waals surface area (Å²) in [4.78, 5) is 23.6. The molecule has 1 saturated carbocycles. The molecule has 0 aromatic carbocycles. The van der Waals surface area contributed by atoms with Crippen LogP contribution in [-0.2, 0) is 9.59 Å². The molecule has 84 valence electrons. The molecule has 1 spiro atoms. The van der Waals surface area contributed by atoms with Gasteiger partial charge in [-0.25, -0.2) is 0 Å². The van der Waals surface area contributed by atoms with Crippen LogP contribution >= 0.6 is 0 Å². The van der Waals surface area contributed by atoms with Gasteiger partial charge in [-0.2, -0.15) is 0 Å². The highest BCUT2D eigenvalue weighted by molar-refractivity contribution is 6.00. The molecule has 0 bridgehead atoms. The summed E-state index contributed by atoms with van der Waals surface area (Å²) in [6.45, 7) is 4.10. The van der Waals surface area contributed by atoms with Crippen LogP contribution in [0.5, 0.6) is 0 Å². The first-order valence-corrected chi connectivity index (χ1v) is 5.66. The van der Waals surface area contributed by atoms with Crippen molar-refractivity contribution in [1.29, 1.82) is 0 Å². The van der Waals surface area contributed by atoms with E-state index in [4.69, 9.17) is 0 Å². The Morgan fingerprint density at radius 1 is 1.40 bits per heavy atom. The second-order valence-electron chi connectivity index (χ2n) is 5.08. The Hall–Kier alpha value is -1.06. The van der Waals surface area contributed by atoms with Gasteiger partial charge >= 0.3 is 0 Å². The molecule has 1 atom stereocenters. The van der Waals surface area contributed by atoms with Crippen LogP contribution in [0.4, 0.5) is 0 Å². The monoisotopic (exact) mass is 210 g/mol. The predicted octanol–water partition coefficient (Wildman–Crippen LogP) is 0.570. The molecular formula is C11H18N2O2. The summed E-state index contributed by atoms with van der Waals surface area (Å²) in [6.07, 6.45) is 3.33. The normalized spacial score (nSPS) is 28.6. The number of piperazine rings is 1. The van der Waals surface area contributed by atoms with Crippen LogP contribution in [0.2, 0.25) is 0 Å². The second kappa shape index (κ2) is 3.51. The molecule has 2 N–H and O–H groups in total. The number of carbonyl (C=O) groups excluding carboxylic acids is 2. The first-order chi connectivity index (χ1) is 7.03. The molecule has 1 saturated heterocycles. The van der Waals surface area contributed by atoms with Crippen molar-refractivity contribution in [2.24, 2.45) is 5.92 Å². The van der Waals surface area contributed by atoms with Crippen LogP contribution in [0.25, 0.3) is 0 Å². The Morgan fingerprint density at radius 3 is 2.53 bits per heavy atom. The van der Waals surface area contributed by atoms with E-state index in [9.17, 15) is 9.59 Å². The van der Waals surface area contributed by atoms with E-state index in [1.54, 1.807) is 0 Å². The van der Waals surface area contributed by atoms with Crippen molar-refractivity contribution in [1.82, 2.24) is 10.6 Å². The minimum absolute atomic E-state index is 0.0111. The Labute approximate surface area is 89.8 Å². The van der Waals surface area contributed by atoms with E-state index in [-0.39, 0.29) is 17.9 Å². The summed E-state index contributed by atoms with van der Waals surface area (Å²) in [5.41, 5.74) is -0.551. The number of hydrogen-bond donors (Lipinski definition) is 2. The van der Waals surface area contributed by atoms with E-state index in [0.29, 0.717) is 12.3 Å². The van der Waals surface area contributed by atoms with Gasteiger partial charge in [-0.1, -0.05) is 13.8 Å². The third-order valence-corrected chi connectivity index (χ3v) is 3.33.